The molecule has 0 fully saturated rings. The van der Waals surface area contributed by atoms with Crippen LogP contribution < -0.4 is 11.1 Å². The molecule has 6 heteroatoms. The molecule has 0 amide bonds. The lowest BCUT2D eigenvalue weighted by atomic mass is 10.2. The summed E-state index contributed by atoms with van der Waals surface area (Å²) in [4.78, 5) is 8.53. The number of halogens is 2. The summed E-state index contributed by atoms with van der Waals surface area (Å²) in [5.74, 6) is 0.709. The van der Waals surface area contributed by atoms with E-state index in [0.29, 0.717) is 16.5 Å². The fraction of sp³-hybridized carbons (Fsp3) is 0.0667. The average molecular weight is 364 g/mol. The van der Waals surface area contributed by atoms with Crippen LogP contribution in [0.25, 0.3) is 10.9 Å². The predicted molar refractivity (Wildman–Crippen MR) is 91.1 cm³/mol. The summed E-state index contributed by atoms with van der Waals surface area (Å²) in [6.07, 6.45) is 1.51. The number of aromatic nitrogens is 2. The van der Waals surface area contributed by atoms with E-state index in [0.717, 1.165) is 26.6 Å². The number of anilines is 3. The van der Waals surface area contributed by atoms with Gasteiger partial charge >= 0.3 is 0 Å². The van der Waals surface area contributed by atoms with Gasteiger partial charge in [0, 0.05) is 20.6 Å². The number of hydrogen-bond donors (Lipinski definition) is 2. The molecule has 3 aromatic rings. The maximum atomic E-state index is 6.18. The number of nitrogens with two attached hydrogens (primary N) is 1. The minimum Gasteiger partial charge on any atom is -0.399 e. The zero-order valence-electron chi connectivity index (χ0n) is 11.2. The van der Waals surface area contributed by atoms with Gasteiger partial charge in [-0.2, -0.15) is 0 Å². The van der Waals surface area contributed by atoms with Crippen LogP contribution in [0, 0.1) is 6.92 Å². The molecule has 4 nitrogen and oxygen atoms in total. The molecule has 0 bridgehead atoms. The Morgan fingerprint density at radius 2 is 2.00 bits per heavy atom. The minimum atomic E-state index is 0.673. The van der Waals surface area contributed by atoms with Crippen molar-refractivity contribution in [3.05, 3.63) is 51.7 Å². The van der Waals surface area contributed by atoms with Gasteiger partial charge in [-0.1, -0.05) is 11.6 Å². The summed E-state index contributed by atoms with van der Waals surface area (Å²) in [5, 5.41) is 4.88. The monoisotopic (exact) mass is 362 g/mol. The highest BCUT2D eigenvalue weighted by atomic mass is 79.9. The smallest absolute Gasteiger partial charge is 0.141 e. The number of nitrogen functional groups attached to an aromatic ring is 1. The highest BCUT2D eigenvalue weighted by Gasteiger charge is 2.08. The van der Waals surface area contributed by atoms with Gasteiger partial charge in [0.05, 0.1) is 11.2 Å². The van der Waals surface area contributed by atoms with E-state index < -0.39 is 0 Å². The van der Waals surface area contributed by atoms with Crippen molar-refractivity contribution in [1.29, 1.82) is 0 Å². The molecule has 0 saturated carbocycles. The standard InChI is InChI=1S/C15H12BrClN4/c1-8-4-11(16)14(6-12(8)17)21-15-10-3-2-9(18)5-13(10)19-7-20-15/h2-7H,18H2,1H3,(H,19,20,21). The maximum absolute atomic E-state index is 6.18. The van der Waals surface area contributed by atoms with Gasteiger partial charge in [-0.05, 0) is 58.7 Å². The molecule has 3 N–H and O–H groups in total. The van der Waals surface area contributed by atoms with Crippen molar-refractivity contribution in [3.63, 3.8) is 0 Å². The van der Waals surface area contributed by atoms with E-state index in [1.54, 1.807) is 0 Å². The second-order valence-corrected chi connectivity index (χ2v) is 5.97. The lowest BCUT2D eigenvalue weighted by molar-refractivity contribution is 1.22. The van der Waals surface area contributed by atoms with Crippen LogP contribution in [0.4, 0.5) is 17.2 Å². The van der Waals surface area contributed by atoms with Crippen LogP contribution in [0.1, 0.15) is 5.56 Å². The fourth-order valence-corrected chi connectivity index (χ4v) is 2.76. The molecule has 21 heavy (non-hydrogen) atoms. The quantitative estimate of drug-likeness (QED) is 0.649. The SMILES string of the molecule is Cc1cc(Br)c(Nc2ncnc3cc(N)ccc23)cc1Cl. The van der Waals surface area contributed by atoms with Crippen LogP contribution in [0.3, 0.4) is 0 Å². The van der Waals surface area contributed by atoms with Gasteiger partial charge in [-0.3, -0.25) is 0 Å². The molecule has 0 unspecified atom stereocenters. The summed E-state index contributed by atoms with van der Waals surface area (Å²) in [5.41, 5.74) is 9.11. The predicted octanol–water partition coefficient (Wildman–Crippen LogP) is 4.68. The average Bonchev–Trinajstić information content (AvgIpc) is 2.44. The fourth-order valence-electron chi connectivity index (χ4n) is 2.04. The minimum absolute atomic E-state index is 0.673. The Bertz CT molecular complexity index is 835. The Hall–Kier alpha value is -1.85. The largest absolute Gasteiger partial charge is 0.399 e. The Labute approximate surface area is 135 Å². The number of fused-ring (bicyclic) bond motifs is 1. The Kier molecular flexibility index (Phi) is 3.69. The molecular formula is C15H12BrClN4. The third-order valence-corrected chi connectivity index (χ3v) is 4.23. The van der Waals surface area contributed by atoms with Crippen molar-refractivity contribution < 1.29 is 0 Å². The summed E-state index contributed by atoms with van der Waals surface area (Å²) in [6.45, 7) is 1.96. The van der Waals surface area contributed by atoms with E-state index in [2.05, 4.69) is 31.2 Å². The van der Waals surface area contributed by atoms with Crippen molar-refractivity contribution in [2.24, 2.45) is 0 Å². The van der Waals surface area contributed by atoms with Crippen LogP contribution in [0.5, 0.6) is 0 Å². The molecule has 2 aromatic carbocycles. The van der Waals surface area contributed by atoms with E-state index in [-0.39, 0.29) is 0 Å². The summed E-state index contributed by atoms with van der Waals surface area (Å²) in [7, 11) is 0. The topological polar surface area (TPSA) is 63.8 Å². The van der Waals surface area contributed by atoms with E-state index in [1.165, 1.54) is 6.33 Å². The number of hydrogen-bond acceptors (Lipinski definition) is 4. The lowest BCUT2D eigenvalue weighted by Gasteiger charge is -2.11. The van der Waals surface area contributed by atoms with Crippen molar-refractivity contribution >= 4 is 55.6 Å². The molecule has 3 rings (SSSR count). The van der Waals surface area contributed by atoms with Crippen LogP contribution in [0.2, 0.25) is 5.02 Å². The van der Waals surface area contributed by atoms with Gasteiger partial charge in [0.15, 0.2) is 0 Å². The third-order valence-electron chi connectivity index (χ3n) is 3.16. The van der Waals surface area contributed by atoms with Gasteiger partial charge in [0.2, 0.25) is 0 Å². The Morgan fingerprint density at radius 1 is 1.19 bits per heavy atom. The Balaban J connectivity index is 2.08. The molecule has 106 valence electrons. The number of nitrogens with one attached hydrogen (secondary N) is 1. The van der Waals surface area contributed by atoms with E-state index in [1.807, 2.05) is 37.3 Å². The number of rotatable bonds is 2. The highest BCUT2D eigenvalue weighted by molar-refractivity contribution is 9.10. The van der Waals surface area contributed by atoms with Crippen LogP contribution >= 0.6 is 27.5 Å². The second kappa shape index (κ2) is 5.50. The second-order valence-electron chi connectivity index (χ2n) is 4.71. The molecule has 1 heterocycles. The van der Waals surface area contributed by atoms with Crippen molar-refractivity contribution in [2.45, 2.75) is 6.92 Å². The summed E-state index contributed by atoms with van der Waals surface area (Å²) < 4.78 is 0.923. The third kappa shape index (κ3) is 2.80. The van der Waals surface area contributed by atoms with Crippen LogP contribution in [-0.4, -0.2) is 9.97 Å². The first kappa shape index (κ1) is 14.1. The van der Waals surface area contributed by atoms with Crippen LogP contribution in [-0.2, 0) is 0 Å². The molecule has 0 radical (unpaired) electrons. The first-order valence-corrected chi connectivity index (χ1v) is 7.44. The van der Waals surface area contributed by atoms with E-state index in [4.69, 9.17) is 17.3 Å². The molecule has 0 atom stereocenters. The van der Waals surface area contributed by atoms with Crippen molar-refractivity contribution in [2.75, 3.05) is 11.1 Å². The van der Waals surface area contributed by atoms with Crippen molar-refractivity contribution in [1.82, 2.24) is 9.97 Å². The van der Waals surface area contributed by atoms with Gasteiger partial charge < -0.3 is 11.1 Å². The van der Waals surface area contributed by atoms with Gasteiger partial charge in [-0.25, -0.2) is 9.97 Å². The number of aryl methyl sites for hydroxylation is 1. The lowest BCUT2D eigenvalue weighted by Crippen LogP contribution is -1.98. The van der Waals surface area contributed by atoms with Gasteiger partial charge in [0.1, 0.15) is 12.1 Å². The van der Waals surface area contributed by atoms with E-state index in [9.17, 15) is 0 Å². The number of benzene rings is 2. The van der Waals surface area contributed by atoms with Gasteiger partial charge in [0.25, 0.3) is 0 Å². The number of nitrogens with zero attached hydrogens (tertiary/aromatic N) is 2. The first-order valence-electron chi connectivity index (χ1n) is 6.27. The van der Waals surface area contributed by atoms with E-state index >= 15 is 0 Å². The molecule has 0 spiro atoms. The molecular weight excluding hydrogens is 352 g/mol. The zero-order chi connectivity index (χ0) is 15.0. The molecule has 0 aliphatic carbocycles. The summed E-state index contributed by atoms with van der Waals surface area (Å²) >= 11 is 9.71. The highest BCUT2D eigenvalue weighted by Crippen LogP contribution is 2.32. The van der Waals surface area contributed by atoms with Gasteiger partial charge in [-0.15, -0.1) is 0 Å². The first-order chi connectivity index (χ1) is 10.0. The summed E-state index contributed by atoms with van der Waals surface area (Å²) in [6, 6.07) is 9.38. The Morgan fingerprint density at radius 3 is 2.81 bits per heavy atom. The maximum Gasteiger partial charge on any atom is 0.141 e. The normalized spacial score (nSPS) is 10.8. The molecule has 0 saturated heterocycles. The zero-order valence-corrected chi connectivity index (χ0v) is 13.5. The van der Waals surface area contributed by atoms with Crippen LogP contribution in [0.15, 0.2) is 41.1 Å². The van der Waals surface area contributed by atoms with Crippen molar-refractivity contribution in [3.8, 4) is 0 Å². The molecule has 1 aromatic heterocycles. The molecule has 0 aliphatic heterocycles. The molecule has 0 aliphatic rings.